The van der Waals surface area contributed by atoms with Gasteiger partial charge in [-0.15, -0.1) is 0 Å². The molecule has 0 radical (unpaired) electrons. The van der Waals surface area contributed by atoms with Crippen LogP contribution in [0.5, 0.6) is 5.75 Å². The van der Waals surface area contributed by atoms with E-state index in [1.807, 2.05) is 66.4 Å². The summed E-state index contributed by atoms with van der Waals surface area (Å²) in [6.45, 7) is 5.82. The number of para-hydroxylation sites is 2. The highest BCUT2D eigenvalue weighted by atomic mass is 16.5. The Balaban J connectivity index is 1.92. The van der Waals surface area contributed by atoms with E-state index >= 15 is 0 Å². The molecule has 3 aromatic rings. The van der Waals surface area contributed by atoms with Gasteiger partial charge in [0.25, 0.3) is 5.91 Å². The van der Waals surface area contributed by atoms with Crippen LogP contribution in [0.15, 0.2) is 59.0 Å². The van der Waals surface area contributed by atoms with Gasteiger partial charge in [-0.05, 0) is 31.5 Å². The molecule has 0 atom stereocenters. The molecular formula is C22H25NO3. The third-order valence-corrected chi connectivity index (χ3v) is 4.47. The molecule has 2 aromatic carbocycles. The highest BCUT2D eigenvalue weighted by Gasteiger charge is 2.24. The van der Waals surface area contributed by atoms with Gasteiger partial charge in [0.1, 0.15) is 17.9 Å². The Morgan fingerprint density at radius 1 is 1.04 bits per heavy atom. The third-order valence-electron chi connectivity index (χ3n) is 4.47. The SMILES string of the molecule is CCCCN(CC)C(=O)c1oc2ccccc2c1COc1ccccc1. The molecule has 26 heavy (non-hydrogen) atoms. The molecule has 0 saturated heterocycles. The van der Waals surface area contributed by atoms with Crippen LogP contribution in [0.25, 0.3) is 11.0 Å². The molecule has 0 aliphatic rings. The van der Waals surface area contributed by atoms with Crippen LogP contribution in [-0.2, 0) is 6.61 Å². The zero-order valence-electron chi connectivity index (χ0n) is 15.4. The van der Waals surface area contributed by atoms with E-state index in [2.05, 4.69) is 6.92 Å². The van der Waals surface area contributed by atoms with Gasteiger partial charge < -0.3 is 14.1 Å². The maximum absolute atomic E-state index is 13.1. The average Bonchev–Trinajstić information content (AvgIpc) is 3.06. The highest BCUT2D eigenvalue weighted by molar-refractivity contribution is 5.99. The number of furan rings is 1. The predicted octanol–water partition coefficient (Wildman–Crippen LogP) is 5.27. The lowest BCUT2D eigenvalue weighted by atomic mass is 10.1. The van der Waals surface area contributed by atoms with Gasteiger partial charge in [0, 0.05) is 24.0 Å². The lowest BCUT2D eigenvalue weighted by Crippen LogP contribution is -2.32. The number of rotatable bonds is 8. The molecule has 1 aromatic heterocycles. The molecule has 1 amide bonds. The number of fused-ring (bicyclic) bond motifs is 1. The van der Waals surface area contributed by atoms with Crippen molar-refractivity contribution in [1.82, 2.24) is 4.90 Å². The summed E-state index contributed by atoms with van der Waals surface area (Å²) < 4.78 is 11.9. The van der Waals surface area contributed by atoms with Crippen LogP contribution in [0.1, 0.15) is 42.8 Å². The fourth-order valence-corrected chi connectivity index (χ4v) is 2.98. The van der Waals surface area contributed by atoms with Gasteiger partial charge >= 0.3 is 0 Å². The molecule has 4 heteroatoms. The molecule has 0 aliphatic heterocycles. The standard InChI is InChI=1S/C22H25NO3/c1-3-5-15-23(4-2)22(24)21-19(16-25-17-11-7-6-8-12-17)18-13-9-10-14-20(18)26-21/h6-14H,3-5,15-16H2,1-2H3. The molecule has 4 nitrogen and oxygen atoms in total. The smallest absolute Gasteiger partial charge is 0.290 e. The first-order valence-electron chi connectivity index (χ1n) is 9.22. The predicted molar refractivity (Wildman–Crippen MR) is 103 cm³/mol. The Labute approximate surface area is 154 Å². The van der Waals surface area contributed by atoms with E-state index in [9.17, 15) is 4.79 Å². The van der Waals surface area contributed by atoms with Crippen LogP contribution in [0.2, 0.25) is 0 Å². The average molecular weight is 351 g/mol. The second kappa shape index (κ2) is 8.56. The lowest BCUT2D eigenvalue weighted by Gasteiger charge is -2.20. The van der Waals surface area contributed by atoms with Gasteiger partial charge in [-0.1, -0.05) is 49.7 Å². The fraction of sp³-hybridized carbons (Fsp3) is 0.318. The first-order valence-corrected chi connectivity index (χ1v) is 9.22. The van der Waals surface area contributed by atoms with Crippen LogP contribution >= 0.6 is 0 Å². The van der Waals surface area contributed by atoms with Crippen molar-refractivity contribution in [2.75, 3.05) is 13.1 Å². The van der Waals surface area contributed by atoms with E-state index < -0.39 is 0 Å². The third kappa shape index (κ3) is 3.90. The van der Waals surface area contributed by atoms with Crippen LogP contribution in [0.4, 0.5) is 0 Å². The molecule has 0 saturated carbocycles. The van der Waals surface area contributed by atoms with E-state index in [0.717, 1.165) is 36.1 Å². The number of unbranched alkanes of at least 4 members (excludes halogenated alkanes) is 1. The van der Waals surface area contributed by atoms with Gasteiger partial charge in [0.05, 0.1) is 0 Å². The molecule has 0 spiro atoms. The Bertz CT molecular complexity index is 854. The van der Waals surface area contributed by atoms with Gasteiger partial charge in [-0.3, -0.25) is 4.79 Å². The second-order valence-electron chi connectivity index (χ2n) is 6.25. The molecule has 0 unspecified atom stereocenters. The summed E-state index contributed by atoms with van der Waals surface area (Å²) in [5.74, 6) is 1.10. The largest absolute Gasteiger partial charge is 0.489 e. The van der Waals surface area contributed by atoms with Crippen LogP contribution in [0.3, 0.4) is 0 Å². The molecule has 0 bridgehead atoms. The number of benzene rings is 2. The molecule has 1 heterocycles. The van der Waals surface area contributed by atoms with Crippen molar-refractivity contribution in [2.45, 2.75) is 33.3 Å². The van der Waals surface area contributed by atoms with Gasteiger partial charge in [-0.2, -0.15) is 0 Å². The van der Waals surface area contributed by atoms with E-state index in [1.54, 1.807) is 0 Å². The first-order chi connectivity index (χ1) is 12.7. The van der Waals surface area contributed by atoms with E-state index in [-0.39, 0.29) is 5.91 Å². The number of carbonyl (C=O) groups excluding carboxylic acids is 1. The van der Waals surface area contributed by atoms with Crippen molar-refractivity contribution in [1.29, 1.82) is 0 Å². The van der Waals surface area contributed by atoms with Crippen molar-refractivity contribution in [2.24, 2.45) is 0 Å². The number of nitrogens with zero attached hydrogens (tertiary/aromatic N) is 1. The topological polar surface area (TPSA) is 42.7 Å². The van der Waals surface area contributed by atoms with E-state index in [4.69, 9.17) is 9.15 Å². The van der Waals surface area contributed by atoms with Gasteiger partial charge in [0.15, 0.2) is 5.76 Å². The summed E-state index contributed by atoms with van der Waals surface area (Å²) in [5, 5.41) is 0.929. The van der Waals surface area contributed by atoms with Crippen molar-refractivity contribution in [3.63, 3.8) is 0 Å². The van der Waals surface area contributed by atoms with Crippen molar-refractivity contribution in [3.8, 4) is 5.75 Å². The number of hydrogen-bond donors (Lipinski definition) is 0. The molecule has 3 rings (SSSR count). The van der Waals surface area contributed by atoms with Crippen molar-refractivity contribution in [3.05, 3.63) is 65.9 Å². The monoisotopic (exact) mass is 351 g/mol. The van der Waals surface area contributed by atoms with Crippen LogP contribution < -0.4 is 4.74 Å². The normalized spacial score (nSPS) is 10.8. The first kappa shape index (κ1) is 18.1. The molecule has 0 aliphatic carbocycles. The summed E-state index contributed by atoms with van der Waals surface area (Å²) in [6, 6.07) is 17.3. The van der Waals surface area contributed by atoms with E-state index in [0.29, 0.717) is 24.5 Å². The summed E-state index contributed by atoms with van der Waals surface area (Å²) in [7, 11) is 0. The minimum Gasteiger partial charge on any atom is -0.489 e. The fourth-order valence-electron chi connectivity index (χ4n) is 2.98. The molecule has 136 valence electrons. The van der Waals surface area contributed by atoms with Gasteiger partial charge in [-0.25, -0.2) is 0 Å². The van der Waals surface area contributed by atoms with Crippen molar-refractivity contribution >= 4 is 16.9 Å². The van der Waals surface area contributed by atoms with E-state index in [1.165, 1.54) is 0 Å². The Hall–Kier alpha value is -2.75. The molecule has 0 N–H and O–H groups in total. The number of carbonyl (C=O) groups is 1. The van der Waals surface area contributed by atoms with Crippen LogP contribution in [-0.4, -0.2) is 23.9 Å². The Morgan fingerprint density at radius 2 is 1.77 bits per heavy atom. The summed E-state index contributed by atoms with van der Waals surface area (Å²) in [6.07, 6.45) is 2.03. The summed E-state index contributed by atoms with van der Waals surface area (Å²) >= 11 is 0. The quantitative estimate of drug-likeness (QED) is 0.555. The Kier molecular flexibility index (Phi) is 5.95. The highest BCUT2D eigenvalue weighted by Crippen LogP contribution is 2.28. The zero-order valence-corrected chi connectivity index (χ0v) is 15.4. The second-order valence-corrected chi connectivity index (χ2v) is 6.25. The number of hydrogen-bond acceptors (Lipinski definition) is 3. The maximum atomic E-state index is 13.1. The number of amides is 1. The summed E-state index contributed by atoms with van der Waals surface area (Å²) in [4.78, 5) is 14.9. The molecule has 0 fully saturated rings. The van der Waals surface area contributed by atoms with Gasteiger partial charge in [0.2, 0.25) is 0 Å². The maximum Gasteiger partial charge on any atom is 0.290 e. The molecular weight excluding hydrogens is 326 g/mol. The van der Waals surface area contributed by atoms with Crippen molar-refractivity contribution < 1.29 is 13.9 Å². The minimum absolute atomic E-state index is 0.0659. The van der Waals surface area contributed by atoms with Crippen LogP contribution in [0, 0.1) is 0 Å². The lowest BCUT2D eigenvalue weighted by molar-refractivity contribution is 0.0729. The number of ether oxygens (including phenoxy) is 1. The summed E-state index contributed by atoms with van der Waals surface area (Å²) in [5.41, 5.74) is 1.53. The zero-order chi connectivity index (χ0) is 18.4. The minimum atomic E-state index is -0.0659. The Morgan fingerprint density at radius 3 is 2.50 bits per heavy atom.